The van der Waals surface area contributed by atoms with Crippen LogP contribution in [0.2, 0.25) is 0 Å². The van der Waals surface area contributed by atoms with Crippen molar-refractivity contribution in [1.29, 1.82) is 0 Å². The smallest absolute Gasteiger partial charge is 0.220 e. The third kappa shape index (κ3) is 25.4. The largest absolute Gasteiger partial charge is 0.394 e. The summed E-state index contributed by atoms with van der Waals surface area (Å²) in [4.78, 5) is 12.3. The second kappa shape index (κ2) is 29.1. The summed E-state index contributed by atoms with van der Waals surface area (Å²) in [5.41, 5.74) is 0. The van der Waals surface area contributed by atoms with Gasteiger partial charge in [0.25, 0.3) is 0 Å². The number of amides is 1. The van der Waals surface area contributed by atoms with Crippen molar-refractivity contribution in [2.75, 3.05) is 6.61 Å². The van der Waals surface area contributed by atoms with Gasteiger partial charge in [0.2, 0.25) is 5.91 Å². The van der Waals surface area contributed by atoms with Crippen molar-refractivity contribution >= 4 is 5.91 Å². The standard InChI is InChI=1S/C34H67NO3/c1-4-6-7-8-9-10-11-12-13-14-15-20-23-26-29-34(38)35-32(30-36)33(37)28-25-22-19-17-16-18-21-24-27-31(3)5-2/h25,28,31-33,36-37H,4-24,26-27,29-30H2,1-3H3,(H,35,38). The van der Waals surface area contributed by atoms with E-state index < -0.39 is 12.1 Å². The first kappa shape index (κ1) is 37.1. The average molecular weight is 538 g/mol. The van der Waals surface area contributed by atoms with E-state index in [1.165, 1.54) is 122 Å². The molecule has 0 aliphatic carbocycles. The van der Waals surface area contributed by atoms with Crippen LogP contribution in [0.1, 0.15) is 175 Å². The molecule has 3 N–H and O–H groups in total. The Balaban J connectivity index is 3.65. The van der Waals surface area contributed by atoms with Crippen LogP contribution in [0, 0.1) is 5.92 Å². The fraction of sp³-hybridized carbons (Fsp3) is 0.912. The van der Waals surface area contributed by atoms with Crippen molar-refractivity contribution in [2.45, 2.75) is 187 Å². The van der Waals surface area contributed by atoms with Gasteiger partial charge >= 0.3 is 0 Å². The number of carbonyl (C=O) groups is 1. The molecule has 0 fully saturated rings. The normalized spacial score (nSPS) is 14.1. The fourth-order valence-electron chi connectivity index (χ4n) is 5.03. The third-order valence-corrected chi connectivity index (χ3v) is 8.06. The van der Waals surface area contributed by atoms with E-state index >= 15 is 0 Å². The quantitative estimate of drug-likeness (QED) is 0.0657. The first-order valence-corrected chi connectivity index (χ1v) is 16.8. The van der Waals surface area contributed by atoms with Crippen LogP contribution in [0.4, 0.5) is 0 Å². The maximum atomic E-state index is 12.3. The number of aliphatic hydroxyl groups is 2. The van der Waals surface area contributed by atoms with Gasteiger partial charge in [-0.2, -0.15) is 0 Å². The molecule has 38 heavy (non-hydrogen) atoms. The Morgan fingerprint density at radius 3 is 1.68 bits per heavy atom. The number of unbranched alkanes of at least 4 members (excludes halogenated alkanes) is 19. The number of hydrogen-bond acceptors (Lipinski definition) is 3. The summed E-state index contributed by atoms with van der Waals surface area (Å²) in [5, 5.41) is 22.8. The van der Waals surface area contributed by atoms with E-state index in [2.05, 4.69) is 26.1 Å². The highest BCUT2D eigenvalue weighted by Gasteiger charge is 2.17. The van der Waals surface area contributed by atoms with Crippen LogP contribution >= 0.6 is 0 Å². The minimum absolute atomic E-state index is 0.0660. The molecule has 0 radical (unpaired) electrons. The lowest BCUT2D eigenvalue weighted by atomic mass is 10.00. The maximum Gasteiger partial charge on any atom is 0.220 e. The molecule has 0 aliphatic heterocycles. The van der Waals surface area contributed by atoms with Crippen LogP contribution in [-0.4, -0.2) is 34.9 Å². The molecule has 0 rings (SSSR count). The predicted octanol–water partition coefficient (Wildman–Crippen LogP) is 9.42. The van der Waals surface area contributed by atoms with E-state index in [1.54, 1.807) is 6.08 Å². The minimum atomic E-state index is -0.833. The molecule has 226 valence electrons. The summed E-state index contributed by atoms with van der Waals surface area (Å²) >= 11 is 0. The van der Waals surface area contributed by atoms with E-state index in [1.807, 2.05) is 6.08 Å². The zero-order valence-corrected chi connectivity index (χ0v) is 25.9. The minimum Gasteiger partial charge on any atom is -0.394 e. The van der Waals surface area contributed by atoms with E-state index in [9.17, 15) is 15.0 Å². The van der Waals surface area contributed by atoms with Gasteiger partial charge < -0.3 is 15.5 Å². The van der Waals surface area contributed by atoms with Gasteiger partial charge in [-0.1, -0.05) is 161 Å². The van der Waals surface area contributed by atoms with Crippen molar-refractivity contribution in [3.63, 3.8) is 0 Å². The molecule has 3 unspecified atom stereocenters. The first-order valence-electron chi connectivity index (χ1n) is 16.8. The summed E-state index contributed by atoms with van der Waals surface area (Å²) in [7, 11) is 0. The van der Waals surface area contributed by atoms with Crippen molar-refractivity contribution < 1.29 is 15.0 Å². The van der Waals surface area contributed by atoms with Crippen LogP contribution in [0.3, 0.4) is 0 Å². The highest BCUT2D eigenvalue weighted by Crippen LogP contribution is 2.15. The summed E-state index contributed by atoms with van der Waals surface area (Å²) in [6, 6.07) is -0.615. The lowest BCUT2D eigenvalue weighted by Gasteiger charge is -2.20. The Kier molecular flexibility index (Phi) is 28.5. The van der Waals surface area contributed by atoms with Crippen LogP contribution in [0.25, 0.3) is 0 Å². The average Bonchev–Trinajstić information content (AvgIpc) is 2.92. The van der Waals surface area contributed by atoms with Gasteiger partial charge in [-0.3, -0.25) is 4.79 Å². The number of hydrogen-bond donors (Lipinski definition) is 3. The van der Waals surface area contributed by atoms with Crippen LogP contribution < -0.4 is 5.32 Å². The number of nitrogens with one attached hydrogen (secondary N) is 1. The zero-order chi connectivity index (χ0) is 28.1. The van der Waals surface area contributed by atoms with Gasteiger partial charge in [-0.15, -0.1) is 0 Å². The second-order valence-corrected chi connectivity index (χ2v) is 11.8. The Hall–Kier alpha value is -0.870. The van der Waals surface area contributed by atoms with Crippen molar-refractivity contribution in [2.24, 2.45) is 5.92 Å². The summed E-state index contributed by atoms with van der Waals surface area (Å²) < 4.78 is 0. The Bertz CT molecular complexity index is 522. The molecular weight excluding hydrogens is 470 g/mol. The molecule has 0 saturated heterocycles. The maximum absolute atomic E-state index is 12.3. The molecule has 4 nitrogen and oxygen atoms in total. The molecule has 0 aromatic heterocycles. The lowest BCUT2D eigenvalue weighted by molar-refractivity contribution is -0.123. The predicted molar refractivity (Wildman–Crippen MR) is 165 cm³/mol. The molecule has 0 bridgehead atoms. The lowest BCUT2D eigenvalue weighted by Crippen LogP contribution is -2.45. The van der Waals surface area contributed by atoms with Gasteiger partial charge in [-0.05, 0) is 25.2 Å². The summed E-state index contributed by atoms with van der Waals surface area (Å²) in [6.45, 7) is 6.64. The van der Waals surface area contributed by atoms with E-state index in [0.717, 1.165) is 31.6 Å². The monoisotopic (exact) mass is 538 g/mol. The van der Waals surface area contributed by atoms with Gasteiger partial charge in [0.1, 0.15) is 0 Å². The molecule has 3 atom stereocenters. The van der Waals surface area contributed by atoms with Crippen LogP contribution in [0.5, 0.6) is 0 Å². The molecule has 0 heterocycles. The van der Waals surface area contributed by atoms with Crippen molar-refractivity contribution in [1.82, 2.24) is 5.32 Å². The van der Waals surface area contributed by atoms with Crippen molar-refractivity contribution in [3.05, 3.63) is 12.2 Å². The molecule has 0 aliphatic rings. The second-order valence-electron chi connectivity index (χ2n) is 11.8. The molecule has 0 spiro atoms. The Labute approximate surface area is 237 Å². The molecule has 0 aromatic rings. The Morgan fingerprint density at radius 1 is 0.711 bits per heavy atom. The van der Waals surface area contributed by atoms with Gasteiger partial charge in [0.05, 0.1) is 18.8 Å². The fourth-order valence-corrected chi connectivity index (χ4v) is 5.03. The topological polar surface area (TPSA) is 69.6 Å². The van der Waals surface area contributed by atoms with Gasteiger partial charge in [0, 0.05) is 6.42 Å². The number of aliphatic hydroxyl groups excluding tert-OH is 2. The van der Waals surface area contributed by atoms with E-state index in [4.69, 9.17) is 0 Å². The number of carbonyl (C=O) groups excluding carboxylic acids is 1. The molecular formula is C34H67NO3. The van der Waals surface area contributed by atoms with E-state index in [0.29, 0.717) is 6.42 Å². The van der Waals surface area contributed by atoms with Gasteiger partial charge in [-0.25, -0.2) is 0 Å². The molecule has 0 saturated carbocycles. The highest BCUT2D eigenvalue weighted by molar-refractivity contribution is 5.76. The number of rotatable bonds is 29. The zero-order valence-electron chi connectivity index (χ0n) is 25.9. The van der Waals surface area contributed by atoms with Crippen molar-refractivity contribution in [3.8, 4) is 0 Å². The summed E-state index contributed by atoms with van der Waals surface area (Å²) in [6.07, 6.45) is 32.8. The number of allylic oxidation sites excluding steroid dienone is 1. The molecule has 0 aromatic carbocycles. The third-order valence-electron chi connectivity index (χ3n) is 8.06. The van der Waals surface area contributed by atoms with Crippen LogP contribution in [0.15, 0.2) is 12.2 Å². The first-order chi connectivity index (χ1) is 18.5. The summed E-state index contributed by atoms with van der Waals surface area (Å²) in [5.74, 6) is 0.798. The van der Waals surface area contributed by atoms with Crippen LogP contribution in [-0.2, 0) is 4.79 Å². The molecule has 4 heteroatoms. The van der Waals surface area contributed by atoms with E-state index in [-0.39, 0.29) is 12.5 Å². The molecule has 1 amide bonds. The SMILES string of the molecule is CCCCCCCCCCCCCCCCC(=O)NC(CO)C(O)C=CCCCCCCCCC(C)CC. The highest BCUT2D eigenvalue weighted by atomic mass is 16.3. The Morgan fingerprint density at radius 2 is 1.18 bits per heavy atom. The van der Waals surface area contributed by atoms with Gasteiger partial charge in [0.15, 0.2) is 0 Å².